The molecule has 3 nitrogen and oxygen atoms in total. The van der Waals surface area contributed by atoms with Crippen molar-refractivity contribution in [2.45, 2.75) is 19.6 Å². The van der Waals surface area contributed by atoms with Crippen LogP contribution in [0, 0.1) is 0 Å². The van der Waals surface area contributed by atoms with Gasteiger partial charge in [0.05, 0.1) is 0 Å². The molecule has 7 rings (SSSR count). The molecule has 0 N–H and O–H groups in total. The number of benzene rings is 6. The Bertz CT molecular complexity index is 1610. The van der Waals surface area contributed by atoms with Crippen molar-refractivity contribution in [2.24, 2.45) is 0 Å². The third-order valence-electron chi connectivity index (χ3n) is 9.34. The maximum Gasteiger partial charge on any atom is 0.0243 e. The van der Waals surface area contributed by atoms with Crippen LogP contribution in [0.5, 0.6) is 0 Å². The van der Waals surface area contributed by atoms with Gasteiger partial charge >= 0.3 is 0 Å². The number of hydrogen-bond acceptors (Lipinski definition) is 3. The maximum absolute atomic E-state index is 2.82. The van der Waals surface area contributed by atoms with E-state index in [4.69, 9.17) is 0 Å². The minimum Gasteiger partial charge on any atom is -0.290 e. The third kappa shape index (κ3) is 10.8. The summed E-state index contributed by atoms with van der Waals surface area (Å²) in [5.74, 6) is 0. The first-order valence-electron chi connectivity index (χ1n) is 17.9. The van der Waals surface area contributed by atoms with Crippen LogP contribution in [-0.4, -0.2) is 52.4 Å². The molecule has 0 saturated carbocycles. The third-order valence-corrected chi connectivity index (χ3v) is 16.9. The van der Waals surface area contributed by atoms with Crippen LogP contribution in [0.25, 0.3) is 0 Å². The van der Waals surface area contributed by atoms with Gasteiger partial charge < -0.3 is 0 Å². The van der Waals surface area contributed by atoms with Crippen LogP contribution in [0.3, 0.4) is 0 Å². The smallest absolute Gasteiger partial charge is 0.0243 e. The van der Waals surface area contributed by atoms with E-state index in [1.807, 2.05) is 0 Å². The summed E-state index contributed by atoms with van der Waals surface area (Å²) < 4.78 is 0. The predicted octanol–water partition coefficient (Wildman–Crippen LogP) is 9.67. The fourth-order valence-electron chi connectivity index (χ4n) is 6.95. The van der Waals surface area contributed by atoms with Gasteiger partial charge in [-0.1, -0.05) is 182 Å². The van der Waals surface area contributed by atoms with Crippen molar-refractivity contribution in [3.63, 3.8) is 0 Å². The minimum atomic E-state index is -0.499. The molecule has 1 heterocycles. The van der Waals surface area contributed by atoms with Gasteiger partial charge in [0, 0.05) is 57.3 Å². The van der Waals surface area contributed by atoms with Crippen LogP contribution < -0.4 is 15.9 Å². The van der Waals surface area contributed by atoms with E-state index in [0.717, 1.165) is 57.3 Å². The molecule has 0 aliphatic carbocycles. The lowest BCUT2D eigenvalue weighted by molar-refractivity contribution is 0.331. The molecule has 51 heavy (non-hydrogen) atoms. The highest BCUT2D eigenvalue weighted by atomic mass is 31.1. The highest BCUT2D eigenvalue weighted by molar-refractivity contribution is 7.67. The first-order valence-corrected chi connectivity index (χ1v) is 23.1. The fraction of sp³-hybridized carbons (Fsp3) is 0.200. The van der Waals surface area contributed by atoms with Gasteiger partial charge in [-0.3, -0.25) is 14.7 Å². The van der Waals surface area contributed by atoms with Crippen LogP contribution in [0.1, 0.15) is 16.7 Å². The second-order valence-corrected chi connectivity index (χ2v) is 19.9. The molecular weight excluding hydrogens is 675 g/mol. The summed E-state index contributed by atoms with van der Waals surface area (Å²) in [6.45, 7) is 2.89. The van der Waals surface area contributed by atoms with E-state index < -0.39 is 23.8 Å². The van der Waals surface area contributed by atoms with E-state index in [1.54, 1.807) is 0 Å². The Kier molecular flexibility index (Phi) is 13.2. The Morgan fingerprint density at radius 2 is 0.471 bits per heavy atom. The Hall–Kier alpha value is -3.51. The Morgan fingerprint density at radius 3 is 0.686 bits per heavy atom. The SMILES string of the molecule is c1ccc(CN2CP(c3ccccc3)CN(Cc3ccccc3)CP(c3ccccc3)CN(Cc3ccccc3)CP(c3ccccc3)C2)cc1. The van der Waals surface area contributed by atoms with Gasteiger partial charge in [0.25, 0.3) is 0 Å². The molecule has 0 unspecified atom stereocenters. The topological polar surface area (TPSA) is 9.72 Å². The summed E-state index contributed by atoms with van der Waals surface area (Å²) >= 11 is 0. The summed E-state index contributed by atoms with van der Waals surface area (Å²) in [5, 5.41) is 4.50. The first-order chi connectivity index (χ1) is 25.2. The summed E-state index contributed by atoms with van der Waals surface area (Å²) in [6, 6.07) is 67.7. The van der Waals surface area contributed by atoms with Crippen molar-refractivity contribution in [1.82, 2.24) is 14.7 Å². The zero-order valence-electron chi connectivity index (χ0n) is 29.4. The van der Waals surface area contributed by atoms with E-state index >= 15 is 0 Å². The molecule has 0 aromatic heterocycles. The van der Waals surface area contributed by atoms with E-state index in [2.05, 4.69) is 197 Å². The van der Waals surface area contributed by atoms with Gasteiger partial charge in [0.1, 0.15) is 0 Å². The van der Waals surface area contributed by atoms with Crippen molar-refractivity contribution in [2.75, 3.05) is 37.7 Å². The number of hydrogen-bond donors (Lipinski definition) is 0. The molecule has 0 spiro atoms. The monoisotopic (exact) mass is 723 g/mol. The molecule has 6 aromatic carbocycles. The molecule has 0 amide bonds. The number of rotatable bonds is 9. The highest BCUT2D eigenvalue weighted by Gasteiger charge is 2.28. The molecule has 6 heteroatoms. The molecule has 0 atom stereocenters. The zero-order valence-corrected chi connectivity index (χ0v) is 32.1. The molecule has 1 fully saturated rings. The lowest BCUT2D eigenvalue weighted by Gasteiger charge is -2.39. The highest BCUT2D eigenvalue weighted by Crippen LogP contribution is 2.47. The van der Waals surface area contributed by atoms with Gasteiger partial charge in [-0.05, 0) is 56.4 Å². The van der Waals surface area contributed by atoms with Crippen molar-refractivity contribution < 1.29 is 0 Å². The standard InChI is InChI=1S/C45H48N3P3/c1-7-19-40(20-8-1)31-46-34-49(43-25-13-4-14-26-43)36-47(32-41-21-9-2-10-22-41)38-51(45-29-17-6-18-30-45)39-48(33-42-23-11-3-12-24-42)37-50(35-46)44-27-15-5-16-28-44/h1-30H,31-39H2. The van der Waals surface area contributed by atoms with Gasteiger partial charge in [-0.15, -0.1) is 0 Å². The fourth-order valence-corrected chi connectivity index (χ4v) is 14.5. The second kappa shape index (κ2) is 18.8. The zero-order chi connectivity index (χ0) is 34.5. The van der Waals surface area contributed by atoms with Crippen molar-refractivity contribution in [3.05, 3.63) is 199 Å². The van der Waals surface area contributed by atoms with E-state index in [-0.39, 0.29) is 0 Å². The molecule has 0 bridgehead atoms. The molecular formula is C45H48N3P3. The van der Waals surface area contributed by atoms with Crippen LogP contribution in [0.2, 0.25) is 0 Å². The summed E-state index contributed by atoms with van der Waals surface area (Å²) in [7, 11) is -1.50. The normalized spacial score (nSPS) is 19.9. The predicted molar refractivity (Wildman–Crippen MR) is 224 cm³/mol. The van der Waals surface area contributed by atoms with Crippen LogP contribution >= 0.6 is 23.8 Å². The minimum absolute atomic E-state index is 0.499. The molecule has 1 aliphatic rings. The summed E-state index contributed by atoms with van der Waals surface area (Å²) in [5.41, 5.74) is 4.18. The second-order valence-electron chi connectivity index (χ2n) is 13.4. The van der Waals surface area contributed by atoms with E-state index in [1.165, 1.54) is 32.6 Å². The number of nitrogens with zero attached hydrogens (tertiary/aromatic N) is 3. The van der Waals surface area contributed by atoms with Gasteiger partial charge in [0.15, 0.2) is 0 Å². The molecule has 6 aromatic rings. The Balaban J connectivity index is 1.32. The lowest BCUT2D eigenvalue weighted by Crippen LogP contribution is -2.37. The Morgan fingerprint density at radius 1 is 0.275 bits per heavy atom. The van der Waals surface area contributed by atoms with Gasteiger partial charge in [-0.2, -0.15) is 0 Å². The lowest BCUT2D eigenvalue weighted by atomic mass is 10.2. The van der Waals surface area contributed by atoms with E-state index in [0.29, 0.717) is 0 Å². The van der Waals surface area contributed by atoms with Crippen molar-refractivity contribution >= 4 is 39.7 Å². The average molecular weight is 724 g/mol. The quantitative estimate of drug-likeness (QED) is 0.138. The van der Waals surface area contributed by atoms with Gasteiger partial charge in [0.2, 0.25) is 0 Å². The van der Waals surface area contributed by atoms with Crippen molar-refractivity contribution in [1.29, 1.82) is 0 Å². The first kappa shape index (κ1) is 35.9. The molecule has 1 aliphatic heterocycles. The maximum atomic E-state index is 2.82. The van der Waals surface area contributed by atoms with Gasteiger partial charge in [-0.25, -0.2) is 0 Å². The average Bonchev–Trinajstić information content (AvgIpc) is 3.19. The van der Waals surface area contributed by atoms with Crippen LogP contribution in [-0.2, 0) is 19.6 Å². The summed E-state index contributed by atoms with van der Waals surface area (Å²) in [4.78, 5) is 8.45. The summed E-state index contributed by atoms with van der Waals surface area (Å²) in [6.07, 6.45) is 6.46. The van der Waals surface area contributed by atoms with E-state index in [9.17, 15) is 0 Å². The van der Waals surface area contributed by atoms with Crippen molar-refractivity contribution in [3.8, 4) is 0 Å². The van der Waals surface area contributed by atoms with Crippen LogP contribution in [0.15, 0.2) is 182 Å². The van der Waals surface area contributed by atoms with Crippen LogP contribution in [0.4, 0.5) is 0 Å². The molecule has 258 valence electrons. The molecule has 0 radical (unpaired) electrons. The largest absolute Gasteiger partial charge is 0.290 e. The molecule has 1 saturated heterocycles. The Labute approximate surface area is 309 Å².